The number of imide groups is 1. The number of fused-ring (bicyclic) bond motifs is 1. The molecular formula is C23H26N4O3S2. The highest BCUT2D eigenvalue weighted by Crippen LogP contribution is 2.32. The van der Waals surface area contributed by atoms with Crippen molar-refractivity contribution in [2.24, 2.45) is 5.92 Å². The number of aromatic nitrogens is 2. The zero-order valence-electron chi connectivity index (χ0n) is 18.3. The third-order valence-corrected chi connectivity index (χ3v) is 6.44. The Labute approximate surface area is 194 Å². The van der Waals surface area contributed by atoms with Crippen molar-refractivity contribution in [3.05, 3.63) is 58.2 Å². The predicted octanol–water partition coefficient (Wildman–Crippen LogP) is 4.19. The lowest BCUT2D eigenvalue weighted by atomic mass is 10.1. The molecule has 9 heteroatoms. The molecule has 2 heterocycles. The average Bonchev–Trinajstić information content (AvgIpc) is 3.18. The monoisotopic (exact) mass is 470 g/mol. The van der Waals surface area contributed by atoms with Crippen molar-refractivity contribution in [3.8, 4) is 11.1 Å². The molecule has 0 saturated heterocycles. The van der Waals surface area contributed by atoms with Gasteiger partial charge in [-0.1, -0.05) is 61.5 Å². The molecule has 168 valence electrons. The first-order valence-corrected chi connectivity index (χ1v) is 12.1. The van der Waals surface area contributed by atoms with Gasteiger partial charge in [-0.2, -0.15) is 0 Å². The van der Waals surface area contributed by atoms with Crippen LogP contribution in [0.3, 0.4) is 0 Å². The molecule has 2 aromatic heterocycles. The van der Waals surface area contributed by atoms with E-state index >= 15 is 0 Å². The van der Waals surface area contributed by atoms with Crippen LogP contribution in [-0.2, 0) is 11.3 Å². The molecule has 0 radical (unpaired) electrons. The number of benzene rings is 1. The molecule has 0 spiro atoms. The maximum absolute atomic E-state index is 13.3. The minimum Gasteiger partial charge on any atom is -0.338 e. The van der Waals surface area contributed by atoms with Crippen LogP contribution < -0.4 is 16.2 Å². The van der Waals surface area contributed by atoms with Crippen LogP contribution in [0, 0.1) is 12.8 Å². The summed E-state index contributed by atoms with van der Waals surface area (Å²) in [5, 5.41) is 7.84. The summed E-state index contributed by atoms with van der Waals surface area (Å²) in [5.41, 5.74) is 2.77. The Balaban J connectivity index is 1.85. The number of nitrogens with zero attached hydrogens (tertiary/aromatic N) is 2. The second kappa shape index (κ2) is 10.6. The summed E-state index contributed by atoms with van der Waals surface area (Å²) in [4.78, 5) is 42.6. The summed E-state index contributed by atoms with van der Waals surface area (Å²) in [6.07, 6.45) is 1.62. The van der Waals surface area contributed by atoms with Gasteiger partial charge in [-0.25, -0.2) is 9.78 Å². The van der Waals surface area contributed by atoms with Crippen molar-refractivity contribution in [2.45, 2.75) is 32.5 Å². The number of thioether (sulfide) groups is 1. The molecule has 3 aromatic rings. The fraction of sp³-hybridized carbons (Fsp3) is 0.304. The number of hydrogen-bond donors (Lipinski definition) is 2. The maximum atomic E-state index is 13.3. The van der Waals surface area contributed by atoms with Crippen LogP contribution in [0.4, 0.5) is 4.79 Å². The van der Waals surface area contributed by atoms with Crippen LogP contribution >= 0.6 is 23.1 Å². The number of nitrogens with one attached hydrogen (secondary N) is 2. The molecule has 0 atom stereocenters. The highest BCUT2D eigenvalue weighted by atomic mass is 32.2. The number of carbonyl (C=O) groups excluding carboxylic acids is 2. The van der Waals surface area contributed by atoms with Gasteiger partial charge in [-0.15, -0.1) is 17.9 Å². The fourth-order valence-corrected chi connectivity index (χ4v) is 4.78. The SMILES string of the molecule is C=CCn1c(SCC(=O)NC(=O)NCC(C)C)nc2scc(-c3ccc(C)cc3)c2c1=O. The van der Waals surface area contributed by atoms with Crippen molar-refractivity contribution >= 4 is 45.3 Å². The highest BCUT2D eigenvalue weighted by molar-refractivity contribution is 7.99. The average molecular weight is 471 g/mol. The van der Waals surface area contributed by atoms with Gasteiger partial charge in [0.1, 0.15) is 4.83 Å². The van der Waals surface area contributed by atoms with Gasteiger partial charge < -0.3 is 5.32 Å². The zero-order chi connectivity index (χ0) is 23.3. The summed E-state index contributed by atoms with van der Waals surface area (Å²) >= 11 is 2.51. The summed E-state index contributed by atoms with van der Waals surface area (Å²) in [6.45, 7) is 10.4. The summed E-state index contributed by atoms with van der Waals surface area (Å²) < 4.78 is 1.51. The molecule has 0 saturated carbocycles. The van der Waals surface area contributed by atoms with E-state index in [-0.39, 0.29) is 23.8 Å². The molecule has 3 amide bonds. The van der Waals surface area contributed by atoms with Crippen molar-refractivity contribution in [3.63, 3.8) is 0 Å². The molecule has 0 aliphatic carbocycles. The number of thiophene rings is 1. The van der Waals surface area contributed by atoms with Gasteiger partial charge in [0, 0.05) is 24.0 Å². The van der Waals surface area contributed by atoms with E-state index in [1.54, 1.807) is 6.08 Å². The number of carbonyl (C=O) groups is 2. The van der Waals surface area contributed by atoms with E-state index in [0.717, 1.165) is 28.5 Å². The normalized spacial score (nSPS) is 11.0. The third-order valence-electron chi connectivity index (χ3n) is 4.59. The number of urea groups is 1. The largest absolute Gasteiger partial charge is 0.338 e. The van der Waals surface area contributed by atoms with Gasteiger partial charge in [0.05, 0.1) is 11.1 Å². The Morgan fingerprint density at radius 3 is 2.66 bits per heavy atom. The number of rotatable bonds is 8. The number of amides is 3. The molecular weight excluding hydrogens is 444 g/mol. The zero-order valence-corrected chi connectivity index (χ0v) is 19.9. The molecule has 32 heavy (non-hydrogen) atoms. The first-order chi connectivity index (χ1) is 15.3. The minimum absolute atomic E-state index is 0.0413. The molecule has 1 aromatic carbocycles. The number of allylic oxidation sites excluding steroid dienone is 1. The van der Waals surface area contributed by atoms with Crippen molar-refractivity contribution in [1.82, 2.24) is 20.2 Å². The molecule has 0 aliphatic heterocycles. The lowest BCUT2D eigenvalue weighted by Crippen LogP contribution is -2.41. The standard InChI is InChI=1S/C23H26N4O3S2/c1-5-10-27-21(29)19-17(16-8-6-15(4)7-9-16)12-31-20(19)26-23(27)32-13-18(28)25-22(30)24-11-14(2)3/h5-9,12,14H,1,10-11,13H2,2-4H3,(H2,24,25,28,30). The van der Waals surface area contributed by atoms with Gasteiger partial charge in [0.15, 0.2) is 5.16 Å². The van der Waals surface area contributed by atoms with E-state index in [1.807, 2.05) is 50.4 Å². The summed E-state index contributed by atoms with van der Waals surface area (Å²) in [6, 6.07) is 7.47. The Bertz CT molecular complexity index is 1200. The highest BCUT2D eigenvalue weighted by Gasteiger charge is 2.18. The maximum Gasteiger partial charge on any atom is 0.321 e. The van der Waals surface area contributed by atoms with Gasteiger partial charge >= 0.3 is 6.03 Å². The molecule has 7 nitrogen and oxygen atoms in total. The van der Waals surface area contributed by atoms with Gasteiger partial charge in [-0.05, 0) is 18.4 Å². The lowest BCUT2D eigenvalue weighted by molar-refractivity contribution is -0.117. The van der Waals surface area contributed by atoms with Crippen LogP contribution in [0.5, 0.6) is 0 Å². The molecule has 0 aliphatic rings. The van der Waals surface area contributed by atoms with Crippen molar-refractivity contribution in [1.29, 1.82) is 0 Å². The van der Waals surface area contributed by atoms with Crippen LogP contribution in [0.25, 0.3) is 21.3 Å². The van der Waals surface area contributed by atoms with E-state index in [4.69, 9.17) is 0 Å². The van der Waals surface area contributed by atoms with Gasteiger partial charge in [-0.3, -0.25) is 19.5 Å². The minimum atomic E-state index is -0.530. The Morgan fingerprint density at radius 1 is 1.28 bits per heavy atom. The second-order valence-corrected chi connectivity index (χ2v) is 9.54. The van der Waals surface area contributed by atoms with E-state index < -0.39 is 11.9 Å². The van der Waals surface area contributed by atoms with Crippen LogP contribution in [0.1, 0.15) is 19.4 Å². The Hall–Kier alpha value is -2.91. The topological polar surface area (TPSA) is 93.1 Å². The van der Waals surface area contributed by atoms with E-state index in [9.17, 15) is 14.4 Å². The van der Waals surface area contributed by atoms with Crippen LogP contribution in [0.2, 0.25) is 0 Å². The van der Waals surface area contributed by atoms with E-state index in [2.05, 4.69) is 22.2 Å². The third kappa shape index (κ3) is 5.66. The second-order valence-electron chi connectivity index (χ2n) is 7.74. The van der Waals surface area contributed by atoms with Crippen molar-refractivity contribution < 1.29 is 9.59 Å². The molecule has 2 N–H and O–H groups in total. The predicted molar refractivity (Wildman–Crippen MR) is 131 cm³/mol. The fourth-order valence-electron chi connectivity index (χ4n) is 2.99. The Morgan fingerprint density at radius 2 is 2.00 bits per heavy atom. The first kappa shape index (κ1) is 23.7. The smallest absolute Gasteiger partial charge is 0.321 e. The lowest BCUT2D eigenvalue weighted by Gasteiger charge is -2.11. The van der Waals surface area contributed by atoms with Crippen molar-refractivity contribution in [2.75, 3.05) is 12.3 Å². The van der Waals surface area contributed by atoms with E-state index in [1.165, 1.54) is 15.9 Å². The van der Waals surface area contributed by atoms with Crippen LogP contribution in [0.15, 0.2) is 52.3 Å². The number of hydrogen-bond acceptors (Lipinski definition) is 6. The van der Waals surface area contributed by atoms with Gasteiger partial charge in [0.25, 0.3) is 5.56 Å². The van der Waals surface area contributed by atoms with Crippen LogP contribution in [-0.4, -0.2) is 33.8 Å². The summed E-state index contributed by atoms with van der Waals surface area (Å²) in [5.74, 6) is -0.215. The van der Waals surface area contributed by atoms with E-state index in [0.29, 0.717) is 21.9 Å². The summed E-state index contributed by atoms with van der Waals surface area (Å²) in [7, 11) is 0. The Kier molecular flexibility index (Phi) is 7.87. The molecule has 0 bridgehead atoms. The molecule has 0 unspecified atom stereocenters. The first-order valence-electron chi connectivity index (χ1n) is 10.2. The molecule has 3 rings (SSSR count). The quantitative estimate of drug-likeness (QED) is 0.292. The number of aryl methyl sites for hydroxylation is 1. The molecule has 0 fully saturated rings. The van der Waals surface area contributed by atoms with Gasteiger partial charge in [0.2, 0.25) is 5.91 Å².